The number of ether oxygens (including phenoxy) is 3. The lowest BCUT2D eigenvalue weighted by atomic mass is 10.1. The summed E-state index contributed by atoms with van der Waals surface area (Å²) in [5, 5.41) is 0.689. The summed E-state index contributed by atoms with van der Waals surface area (Å²) in [5.74, 6) is -0.0200. The van der Waals surface area contributed by atoms with Crippen molar-refractivity contribution in [2.75, 3.05) is 46.6 Å². The normalized spacial score (nSPS) is 18.8. The Morgan fingerprint density at radius 3 is 2.86 bits per heavy atom. The van der Waals surface area contributed by atoms with E-state index in [1.165, 1.54) is 0 Å². The molecule has 0 aromatic heterocycles. The van der Waals surface area contributed by atoms with Crippen molar-refractivity contribution in [3.63, 3.8) is 0 Å². The molecule has 0 saturated carbocycles. The summed E-state index contributed by atoms with van der Waals surface area (Å²) in [5.41, 5.74) is 1.03. The molecular weight excluding hydrogens is 294 g/mol. The summed E-state index contributed by atoms with van der Waals surface area (Å²) in [4.78, 5) is 13.8. The van der Waals surface area contributed by atoms with Crippen LogP contribution in [-0.2, 0) is 19.0 Å². The number of nitrogens with zero attached hydrogens (tertiary/aromatic N) is 1. The van der Waals surface area contributed by atoms with Crippen LogP contribution in [0.2, 0.25) is 5.02 Å². The number of morpholine rings is 1. The van der Waals surface area contributed by atoms with Crippen LogP contribution in [0.4, 0.5) is 0 Å². The van der Waals surface area contributed by atoms with Gasteiger partial charge in [-0.3, -0.25) is 4.79 Å². The number of rotatable bonds is 6. The fourth-order valence-corrected chi connectivity index (χ4v) is 2.27. The van der Waals surface area contributed by atoms with E-state index in [2.05, 4.69) is 0 Å². The second-order valence-electron chi connectivity index (χ2n) is 4.80. The second kappa shape index (κ2) is 8.34. The van der Waals surface area contributed by atoms with E-state index in [0.29, 0.717) is 37.9 Å². The number of methoxy groups -OCH3 is 1. The molecule has 0 radical (unpaired) electrons. The Morgan fingerprint density at radius 1 is 1.38 bits per heavy atom. The van der Waals surface area contributed by atoms with Gasteiger partial charge in [0.1, 0.15) is 12.7 Å². The van der Waals surface area contributed by atoms with Gasteiger partial charge in [-0.15, -0.1) is 0 Å². The lowest BCUT2D eigenvalue weighted by Crippen LogP contribution is -2.44. The highest BCUT2D eigenvalue weighted by Crippen LogP contribution is 2.23. The molecule has 6 heteroatoms. The number of amides is 1. The first-order valence-electron chi connectivity index (χ1n) is 6.92. The molecule has 1 aliphatic heterocycles. The molecule has 2 rings (SSSR count). The Balaban J connectivity index is 1.85. The zero-order valence-electron chi connectivity index (χ0n) is 12.1. The van der Waals surface area contributed by atoms with Crippen molar-refractivity contribution in [2.24, 2.45) is 0 Å². The zero-order chi connectivity index (χ0) is 15.1. The number of carbonyl (C=O) groups is 1. The van der Waals surface area contributed by atoms with Gasteiger partial charge in [-0.1, -0.05) is 23.7 Å². The summed E-state index contributed by atoms with van der Waals surface area (Å²) in [6.07, 6.45) is -0.112. The molecule has 21 heavy (non-hydrogen) atoms. The summed E-state index contributed by atoms with van der Waals surface area (Å²) >= 11 is 5.88. The Bertz CT molecular complexity index is 451. The van der Waals surface area contributed by atoms with Gasteiger partial charge in [0.15, 0.2) is 0 Å². The highest BCUT2D eigenvalue weighted by atomic mass is 35.5. The van der Waals surface area contributed by atoms with Gasteiger partial charge in [-0.25, -0.2) is 0 Å². The summed E-state index contributed by atoms with van der Waals surface area (Å²) in [6, 6.07) is 7.51. The van der Waals surface area contributed by atoms with E-state index in [1.54, 1.807) is 12.0 Å². The monoisotopic (exact) mass is 313 g/mol. The minimum Gasteiger partial charge on any atom is -0.382 e. The molecule has 1 saturated heterocycles. The van der Waals surface area contributed by atoms with Gasteiger partial charge < -0.3 is 19.1 Å². The maximum Gasteiger partial charge on any atom is 0.248 e. The van der Waals surface area contributed by atoms with Crippen molar-refractivity contribution in [2.45, 2.75) is 6.10 Å². The maximum absolute atomic E-state index is 12.1. The summed E-state index contributed by atoms with van der Waals surface area (Å²) < 4.78 is 15.9. The fraction of sp³-hybridized carbons (Fsp3) is 0.533. The third-order valence-corrected chi connectivity index (χ3v) is 3.57. The Morgan fingerprint density at radius 2 is 2.14 bits per heavy atom. The molecule has 1 fully saturated rings. The molecule has 0 unspecified atom stereocenters. The average Bonchev–Trinajstić information content (AvgIpc) is 2.52. The first-order chi connectivity index (χ1) is 10.2. The van der Waals surface area contributed by atoms with Crippen molar-refractivity contribution in [1.82, 2.24) is 4.90 Å². The van der Waals surface area contributed by atoms with Gasteiger partial charge in [-0.2, -0.15) is 0 Å². The highest BCUT2D eigenvalue weighted by Gasteiger charge is 2.25. The molecule has 1 amide bonds. The third kappa shape index (κ3) is 4.97. The van der Waals surface area contributed by atoms with Crippen LogP contribution in [0, 0.1) is 0 Å². The van der Waals surface area contributed by atoms with E-state index in [1.807, 2.05) is 24.3 Å². The molecule has 1 atom stereocenters. The molecular formula is C15H20ClNO4. The standard InChI is InChI=1S/C15H20ClNO4/c1-19-8-9-20-11-15(18)17-6-7-21-14(10-17)12-2-4-13(16)5-3-12/h2-5,14H,6-11H2,1H3/t14-/m1/s1. The van der Waals surface area contributed by atoms with E-state index in [0.717, 1.165) is 5.56 Å². The summed E-state index contributed by atoms with van der Waals surface area (Å²) in [7, 11) is 1.60. The van der Waals surface area contributed by atoms with Crippen LogP contribution in [0.3, 0.4) is 0 Å². The lowest BCUT2D eigenvalue weighted by molar-refractivity contribution is -0.144. The van der Waals surface area contributed by atoms with Crippen molar-refractivity contribution in [3.8, 4) is 0 Å². The number of hydrogen-bond donors (Lipinski definition) is 0. The van der Waals surface area contributed by atoms with Gasteiger partial charge >= 0.3 is 0 Å². The van der Waals surface area contributed by atoms with Gasteiger partial charge in [0.05, 0.1) is 26.4 Å². The first-order valence-corrected chi connectivity index (χ1v) is 7.30. The van der Waals surface area contributed by atoms with Crippen molar-refractivity contribution < 1.29 is 19.0 Å². The van der Waals surface area contributed by atoms with Crippen LogP contribution < -0.4 is 0 Å². The third-order valence-electron chi connectivity index (χ3n) is 3.32. The van der Waals surface area contributed by atoms with E-state index >= 15 is 0 Å². The lowest BCUT2D eigenvalue weighted by Gasteiger charge is -2.33. The highest BCUT2D eigenvalue weighted by molar-refractivity contribution is 6.30. The maximum atomic E-state index is 12.1. The topological polar surface area (TPSA) is 48.0 Å². The molecule has 0 aliphatic carbocycles. The predicted octanol–water partition coefficient (Wildman–Crippen LogP) is 1.90. The van der Waals surface area contributed by atoms with Crippen LogP contribution in [0.5, 0.6) is 0 Å². The molecule has 1 aliphatic rings. The minimum atomic E-state index is -0.112. The van der Waals surface area contributed by atoms with Gasteiger partial charge in [0.2, 0.25) is 5.91 Å². The Hall–Kier alpha value is -1.14. The van der Waals surface area contributed by atoms with Crippen molar-refractivity contribution in [3.05, 3.63) is 34.9 Å². The van der Waals surface area contributed by atoms with Crippen molar-refractivity contribution in [1.29, 1.82) is 0 Å². The van der Waals surface area contributed by atoms with E-state index in [-0.39, 0.29) is 18.6 Å². The second-order valence-corrected chi connectivity index (χ2v) is 5.23. The molecule has 1 heterocycles. The predicted molar refractivity (Wildman–Crippen MR) is 79.4 cm³/mol. The Labute approximate surface area is 129 Å². The largest absolute Gasteiger partial charge is 0.382 e. The first kappa shape index (κ1) is 16.2. The summed E-state index contributed by atoms with van der Waals surface area (Å²) in [6.45, 7) is 2.65. The quantitative estimate of drug-likeness (QED) is 0.753. The molecule has 0 N–H and O–H groups in total. The van der Waals surface area contributed by atoms with Gasteiger partial charge in [0.25, 0.3) is 0 Å². The van der Waals surface area contributed by atoms with Crippen LogP contribution in [-0.4, -0.2) is 57.4 Å². The van der Waals surface area contributed by atoms with Crippen LogP contribution in [0.1, 0.15) is 11.7 Å². The zero-order valence-corrected chi connectivity index (χ0v) is 12.8. The van der Waals surface area contributed by atoms with E-state index < -0.39 is 0 Å². The Kier molecular flexibility index (Phi) is 6.45. The minimum absolute atomic E-state index is 0.0200. The van der Waals surface area contributed by atoms with Gasteiger partial charge in [0, 0.05) is 18.7 Å². The molecule has 1 aromatic rings. The van der Waals surface area contributed by atoms with Gasteiger partial charge in [-0.05, 0) is 17.7 Å². The van der Waals surface area contributed by atoms with E-state index in [4.69, 9.17) is 25.8 Å². The molecule has 0 spiro atoms. The number of halogens is 1. The molecule has 5 nitrogen and oxygen atoms in total. The molecule has 1 aromatic carbocycles. The van der Waals surface area contributed by atoms with Crippen LogP contribution in [0.15, 0.2) is 24.3 Å². The van der Waals surface area contributed by atoms with Crippen LogP contribution >= 0.6 is 11.6 Å². The molecule has 0 bridgehead atoms. The van der Waals surface area contributed by atoms with Crippen LogP contribution in [0.25, 0.3) is 0 Å². The number of carbonyl (C=O) groups excluding carboxylic acids is 1. The number of benzene rings is 1. The number of hydrogen-bond acceptors (Lipinski definition) is 4. The van der Waals surface area contributed by atoms with E-state index in [9.17, 15) is 4.79 Å². The van der Waals surface area contributed by atoms with Crippen molar-refractivity contribution >= 4 is 17.5 Å². The molecule has 116 valence electrons. The average molecular weight is 314 g/mol. The SMILES string of the molecule is COCCOCC(=O)N1CCO[C@@H](c2ccc(Cl)cc2)C1. The smallest absolute Gasteiger partial charge is 0.248 e. The fourth-order valence-electron chi connectivity index (χ4n) is 2.15.